The number of H-pyrrole nitrogens is 1. The van der Waals surface area contributed by atoms with Crippen LogP contribution >= 0.6 is 0 Å². The molecule has 6 nitrogen and oxygen atoms in total. The lowest BCUT2D eigenvalue weighted by Gasteiger charge is -2.35. The van der Waals surface area contributed by atoms with Crippen LogP contribution in [-0.2, 0) is 9.53 Å². The topological polar surface area (TPSA) is 75.3 Å². The molecular formula is C19H23N3O3. The smallest absolute Gasteiger partial charge is 0.307 e. The highest BCUT2D eigenvalue weighted by atomic mass is 16.5. The first-order chi connectivity index (χ1) is 12.2. The highest BCUT2D eigenvalue weighted by Crippen LogP contribution is 2.24. The van der Waals surface area contributed by atoms with E-state index >= 15 is 0 Å². The lowest BCUT2D eigenvalue weighted by molar-refractivity contribution is -0.144. The van der Waals surface area contributed by atoms with E-state index < -0.39 is 0 Å². The summed E-state index contributed by atoms with van der Waals surface area (Å²) in [6.07, 6.45) is 4.81. The van der Waals surface area contributed by atoms with E-state index in [1.54, 1.807) is 13.1 Å². The molecule has 0 radical (unpaired) electrons. The maximum atomic E-state index is 12.9. The summed E-state index contributed by atoms with van der Waals surface area (Å²) < 4.78 is 5.05. The molecule has 1 aliphatic heterocycles. The summed E-state index contributed by atoms with van der Waals surface area (Å²) in [6.45, 7) is 2.85. The maximum Gasteiger partial charge on any atom is 0.307 e. The Morgan fingerprint density at radius 1 is 1.24 bits per heavy atom. The molecule has 1 aromatic heterocycles. The van der Waals surface area contributed by atoms with Gasteiger partial charge in [0, 0.05) is 24.3 Å². The van der Waals surface area contributed by atoms with Crippen molar-refractivity contribution in [2.45, 2.75) is 38.6 Å². The number of esters is 1. The van der Waals surface area contributed by atoms with Gasteiger partial charge in [-0.15, -0.1) is 0 Å². The number of aromatic nitrogens is 2. The second kappa shape index (κ2) is 7.96. The number of hydrogen-bond acceptors (Lipinski definition) is 4. The third kappa shape index (κ3) is 4.07. The van der Waals surface area contributed by atoms with Crippen LogP contribution in [0, 0.1) is 0 Å². The first-order valence-electron chi connectivity index (χ1n) is 8.75. The number of aromatic amines is 1. The highest BCUT2D eigenvalue weighted by molar-refractivity contribution is 5.95. The minimum absolute atomic E-state index is 0.0230. The van der Waals surface area contributed by atoms with Gasteiger partial charge in [-0.1, -0.05) is 12.1 Å². The number of ether oxygens (including phenoxy) is 1. The van der Waals surface area contributed by atoms with Crippen LogP contribution in [0.1, 0.15) is 43.0 Å². The standard InChI is InChI=1S/C19H23N3O3/c1-2-25-18(23)13-16-5-3-4-12-22(16)19(24)15-8-6-14(7-9-15)17-10-11-20-21-17/h6-11,16H,2-5,12-13H2,1H3,(H,20,21). The molecule has 1 N–H and O–H groups in total. The summed E-state index contributed by atoms with van der Waals surface area (Å²) in [5.41, 5.74) is 2.53. The van der Waals surface area contributed by atoms with Crippen molar-refractivity contribution < 1.29 is 14.3 Å². The van der Waals surface area contributed by atoms with E-state index in [0.29, 0.717) is 18.7 Å². The molecule has 0 saturated carbocycles. The third-order valence-electron chi connectivity index (χ3n) is 4.54. The number of carbonyl (C=O) groups excluding carboxylic acids is 2. The Labute approximate surface area is 147 Å². The molecule has 25 heavy (non-hydrogen) atoms. The minimum Gasteiger partial charge on any atom is -0.466 e. The number of nitrogens with zero attached hydrogens (tertiary/aromatic N) is 2. The predicted molar refractivity (Wildman–Crippen MR) is 93.9 cm³/mol. The Morgan fingerprint density at radius 3 is 2.72 bits per heavy atom. The van der Waals surface area contributed by atoms with E-state index in [2.05, 4.69) is 10.2 Å². The molecule has 1 aliphatic rings. The summed E-state index contributed by atoms with van der Waals surface area (Å²) in [4.78, 5) is 26.5. The van der Waals surface area contributed by atoms with Gasteiger partial charge in [0.05, 0.1) is 18.7 Å². The van der Waals surface area contributed by atoms with Crippen LogP contribution in [0.5, 0.6) is 0 Å². The Bertz CT molecular complexity index is 710. The zero-order valence-electron chi connectivity index (χ0n) is 14.4. The fourth-order valence-corrected chi connectivity index (χ4v) is 3.27. The number of amides is 1. The van der Waals surface area contributed by atoms with E-state index in [4.69, 9.17) is 4.74 Å². The average molecular weight is 341 g/mol. The lowest BCUT2D eigenvalue weighted by Crippen LogP contribution is -2.44. The van der Waals surface area contributed by atoms with Crippen molar-refractivity contribution in [2.24, 2.45) is 0 Å². The molecule has 132 valence electrons. The van der Waals surface area contributed by atoms with Crippen LogP contribution in [0.3, 0.4) is 0 Å². The van der Waals surface area contributed by atoms with Crippen LogP contribution in [0.25, 0.3) is 11.3 Å². The highest BCUT2D eigenvalue weighted by Gasteiger charge is 2.29. The number of likely N-dealkylation sites (tertiary alicyclic amines) is 1. The monoisotopic (exact) mass is 341 g/mol. The minimum atomic E-state index is -0.234. The third-order valence-corrected chi connectivity index (χ3v) is 4.54. The van der Waals surface area contributed by atoms with Crippen LogP contribution in [-0.4, -0.2) is 46.2 Å². The zero-order chi connectivity index (χ0) is 17.6. The van der Waals surface area contributed by atoms with Gasteiger partial charge in [-0.25, -0.2) is 0 Å². The first-order valence-corrected chi connectivity index (χ1v) is 8.75. The summed E-state index contributed by atoms with van der Waals surface area (Å²) in [6, 6.07) is 9.28. The van der Waals surface area contributed by atoms with Gasteiger partial charge in [-0.2, -0.15) is 5.10 Å². The van der Waals surface area contributed by atoms with Gasteiger partial charge in [0.2, 0.25) is 0 Å². The number of carbonyl (C=O) groups is 2. The molecule has 6 heteroatoms. The predicted octanol–water partition coefficient (Wildman–Crippen LogP) is 3.02. The SMILES string of the molecule is CCOC(=O)CC1CCCCN1C(=O)c1ccc(-c2ccn[nH]2)cc1. The van der Waals surface area contributed by atoms with Crippen molar-refractivity contribution in [2.75, 3.05) is 13.2 Å². The fraction of sp³-hybridized carbons (Fsp3) is 0.421. The summed E-state index contributed by atoms with van der Waals surface area (Å²) in [7, 11) is 0. The average Bonchev–Trinajstić information content (AvgIpc) is 3.17. The number of rotatable bonds is 5. The molecule has 2 heterocycles. The molecule has 3 rings (SSSR count). The molecule has 2 aromatic rings. The van der Waals surface area contributed by atoms with Gasteiger partial charge in [-0.3, -0.25) is 14.7 Å². The normalized spacial score (nSPS) is 17.3. The number of piperidine rings is 1. The van der Waals surface area contributed by atoms with E-state index in [1.807, 2.05) is 35.2 Å². The number of hydrogen-bond donors (Lipinski definition) is 1. The van der Waals surface area contributed by atoms with Crippen molar-refractivity contribution in [3.63, 3.8) is 0 Å². The Morgan fingerprint density at radius 2 is 2.04 bits per heavy atom. The van der Waals surface area contributed by atoms with E-state index in [1.165, 1.54) is 0 Å². The molecule has 1 atom stereocenters. The van der Waals surface area contributed by atoms with Crippen molar-refractivity contribution >= 4 is 11.9 Å². The first kappa shape index (κ1) is 17.2. The molecule has 1 saturated heterocycles. The van der Waals surface area contributed by atoms with Gasteiger partial charge in [0.1, 0.15) is 0 Å². The van der Waals surface area contributed by atoms with Gasteiger partial charge < -0.3 is 9.64 Å². The van der Waals surface area contributed by atoms with Gasteiger partial charge in [0.15, 0.2) is 0 Å². The summed E-state index contributed by atoms with van der Waals surface area (Å²) >= 11 is 0. The van der Waals surface area contributed by atoms with Crippen molar-refractivity contribution in [3.05, 3.63) is 42.1 Å². The molecule has 0 bridgehead atoms. The molecule has 0 spiro atoms. The summed E-state index contributed by atoms with van der Waals surface area (Å²) in [5, 5.41) is 6.85. The molecule has 1 aromatic carbocycles. The second-order valence-electron chi connectivity index (χ2n) is 6.20. The van der Waals surface area contributed by atoms with Gasteiger partial charge in [-0.05, 0) is 49.9 Å². The van der Waals surface area contributed by atoms with E-state index in [9.17, 15) is 9.59 Å². The fourth-order valence-electron chi connectivity index (χ4n) is 3.27. The molecule has 0 aliphatic carbocycles. The van der Waals surface area contributed by atoms with Crippen LogP contribution < -0.4 is 0 Å². The van der Waals surface area contributed by atoms with E-state index in [-0.39, 0.29) is 24.3 Å². The molecule has 1 amide bonds. The molecule has 1 fully saturated rings. The Balaban J connectivity index is 1.72. The van der Waals surface area contributed by atoms with E-state index in [0.717, 1.165) is 30.5 Å². The second-order valence-corrected chi connectivity index (χ2v) is 6.20. The van der Waals surface area contributed by atoms with Crippen LogP contribution in [0.4, 0.5) is 0 Å². The largest absolute Gasteiger partial charge is 0.466 e. The van der Waals surface area contributed by atoms with Crippen LogP contribution in [0.2, 0.25) is 0 Å². The van der Waals surface area contributed by atoms with Crippen molar-refractivity contribution in [1.82, 2.24) is 15.1 Å². The zero-order valence-corrected chi connectivity index (χ0v) is 14.4. The Kier molecular flexibility index (Phi) is 5.48. The summed E-state index contributed by atoms with van der Waals surface area (Å²) in [5.74, 6) is -0.257. The lowest BCUT2D eigenvalue weighted by atomic mass is 9.98. The van der Waals surface area contributed by atoms with Crippen LogP contribution in [0.15, 0.2) is 36.5 Å². The quantitative estimate of drug-likeness (QED) is 0.848. The number of benzene rings is 1. The van der Waals surface area contributed by atoms with Gasteiger partial charge in [0.25, 0.3) is 5.91 Å². The molecular weight excluding hydrogens is 318 g/mol. The maximum absolute atomic E-state index is 12.9. The number of nitrogens with one attached hydrogen (secondary N) is 1. The van der Waals surface area contributed by atoms with Gasteiger partial charge >= 0.3 is 5.97 Å². The molecule has 1 unspecified atom stereocenters. The Hall–Kier alpha value is -2.63. The van der Waals surface area contributed by atoms with Crippen molar-refractivity contribution in [1.29, 1.82) is 0 Å². The van der Waals surface area contributed by atoms with Crippen molar-refractivity contribution in [3.8, 4) is 11.3 Å².